The van der Waals surface area contributed by atoms with E-state index in [0.29, 0.717) is 0 Å². The van der Waals surface area contributed by atoms with Crippen LogP contribution in [-0.4, -0.2) is 0 Å². The summed E-state index contributed by atoms with van der Waals surface area (Å²) in [5, 5.41) is 2.64. The van der Waals surface area contributed by atoms with Crippen molar-refractivity contribution in [1.82, 2.24) is 0 Å². The molecule has 45 heavy (non-hydrogen) atoms. The van der Waals surface area contributed by atoms with E-state index >= 15 is 0 Å². The predicted octanol–water partition coefficient (Wildman–Crippen LogP) is 11.8. The van der Waals surface area contributed by atoms with Gasteiger partial charge < -0.3 is 4.90 Å². The summed E-state index contributed by atoms with van der Waals surface area (Å²) >= 11 is 0. The lowest BCUT2D eigenvalue weighted by atomic mass is 9.77. The van der Waals surface area contributed by atoms with Crippen LogP contribution >= 0.6 is 0 Å². The Balaban J connectivity index is 1.35. The topological polar surface area (TPSA) is 3.24 Å². The summed E-state index contributed by atoms with van der Waals surface area (Å²) in [5.74, 6) is 0.129. The van der Waals surface area contributed by atoms with Crippen molar-refractivity contribution in [3.8, 4) is 11.1 Å². The quantitative estimate of drug-likeness (QED) is 0.178. The molecule has 0 bridgehead atoms. The molecule has 1 aliphatic rings. The number of hydrogen-bond donors (Lipinski definition) is 0. The van der Waals surface area contributed by atoms with Crippen LogP contribution in [0.5, 0.6) is 0 Å². The Hall–Kier alpha value is -5.40. The first kappa shape index (κ1) is 27.2. The number of benzene rings is 7. The van der Waals surface area contributed by atoms with E-state index in [0.717, 1.165) is 11.4 Å². The molecule has 1 nitrogen and oxygen atoms in total. The Kier molecular flexibility index (Phi) is 6.61. The number of para-hydroxylation sites is 2. The third-order valence-corrected chi connectivity index (χ3v) is 9.56. The van der Waals surface area contributed by atoms with E-state index in [1.165, 1.54) is 55.4 Å². The monoisotopic (exact) mass is 577 g/mol. The fraction of sp³-hybridized carbons (Fsp3) is 0.0909. The zero-order valence-electron chi connectivity index (χ0n) is 25.7. The smallest absolute Gasteiger partial charge is 0.0465 e. The summed E-state index contributed by atoms with van der Waals surface area (Å²) in [5.41, 5.74) is 12.7. The van der Waals surface area contributed by atoms with E-state index in [4.69, 9.17) is 0 Å². The second-order valence-electron chi connectivity index (χ2n) is 12.5. The van der Waals surface area contributed by atoms with Gasteiger partial charge in [0.05, 0.1) is 0 Å². The molecule has 0 amide bonds. The van der Waals surface area contributed by atoms with Crippen LogP contribution in [0.4, 0.5) is 17.1 Å². The molecule has 0 saturated heterocycles. The summed E-state index contributed by atoms with van der Waals surface area (Å²) in [4.78, 5) is 2.36. The molecule has 0 radical (unpaired) electrons. The van der Waals surface area contributed by atoms with E-state index in [2.05, 4.69) is 189 Å². The molecule has 0 N–H and O–H groups in total. The van der Waals surface area contributed by atoms with Crippen molar-refractivity contribution >= 4 is 27.8 Å². The van der Waals surface area contributed by atoms with Crippen LogP contribution in [0.25, 0.3) is 21.9 Å². The summed E-state index contributed by atoms with van der Waals surface area (Å²) in [6.45, 7) is 4.80. The first-order valence-corrected chi connectivity index (χ1v) is 15.8. The van der Waals surface area contributed by atoms with Crippen molar-refractivity contribution in [2.45, 2.75) is 25.2 Å². The highest BCUT2D eigenvalue weighted by Crippen LogP contribution is 2.54. The van der Waals surface area contributed by atoms with Crippen LogP contribution in [0.2, 0.25) is 0 Å². The molecule has 0 fully saturated rings. The highest BCUT2D eigenvalue weighted by molar-refractivity contribution is 6.05. The normalized spacial score (nSPS) is 13.0. The van der Waals surface area contributed by atoms with Gasteiger partial charge >= 0.3 is 0 Å². The van der Waals surface area contributed by atoms with Crippen molar-refractivity contribution in [2.24, 2.45) is 0 Å². The first-order chi connectivity index (χ1) is 22.1. The average Bonchev–Trinajstić information content (AvgIpc) is 3.32. The highest BCUT2D eigenvalue weighted by Gasteiger charge is 2.38. The molecule has 0 aliphatic heterocycles. The van der Waals surface area contributed by atoms with Gasteiger partial charge in [0, 0.05) is 28.4 Å². The molecule has 1 aliphatic carbocycles. The minimum Gasteiger partial charge on any atom is -0.310 e. The maximum Gasteiger partial charge on any atom is 0.0465 e. The molecule has 0 saturated carbocycles. The van der Waals surface area contributed by atoms with Gasteiger partial charge in [-0.3, -0.25) is 0 Å². The molecule has 1 heteroatoms. The van der Waals surface area contributed by atoms with Crippen molar-refractivity contribution in [1.29, 1.82) is 0 Å². The highest BCUT2D eigenvalue weighted by atomic mass is 15.1. The molecule has 7 aromatic carbocycles. The standard InChI is InChI=1S/C44H35N/c1-44(2)40-29-35(45(33-21-11-5-12-22-33)34-23-13-6-14-24-34)27-28-38(40)43-37-26-16-15-25-36(37)39(30-41(43)44)42(31-17-7-3-8-18-31)32-19-9-4-10-20-32/h3-30,42H,1-2H3. The summed E-state index contributed by atoms with van der Waals surface area (Å²) in [7, 11) is 0. The molecule has 0 unspecified atom stereocenters. The molecule has 7 aromatic rings. The fourth-order valence-electron chi connectivity index (χ4n) is 7.42. The Morgan fingerprint density at radius 2 is 0.933 bits per heavy atom. The molecule has 0 spiro atoms. The zero-order valence-corrected chi connectivity index (χ0v) is 25.7. The largest absolute Gasteiger partial charge is 0.310 e. The van der Waals surface area contributed by atoms with Gasteiger partial charge in [-0.05, 0) is 86.1 Å². The van der Waals surface area contributed by atoms with E-state index < -0.39 is 0 Å². The first-order valence-electron chi connectivity index (χ1n) is 15.8. The molecule has 0 aromatic heterocycles. The Morgan fingerprint density at radius 3 is 1.49 bits per heavy atom. The van der Waals surface area contributed by atoms with Gasteiger partial charge in [0.2, 0.25) is 0 Å². The zero-order chi connectivity index (χ0) is 30.4. The molecular formula is C44H35N. The molecule has 0 heterocycles. The van der Waals surface area contributed by atoms with Crippen molar-refractivity contribution in [2.75, 3.05) is 4.90 Å². The van der Waals surface area contributed by atoms with Gasteiger partial charge in [-0.25, -0.2) is 0 Å². The third-order valence-electron chi connectivity index (χ3n) is 9.56. The van der Waals surface area contributed by atoms with E-state index in [-0.39, 0.29) is 11.3 Å². The van der Waals surface area contributed by atoms with Crippen molar-refractivity contribution in [3.63, 3.8) is 0 Å². The minimum atomic E-state index is -0.184. The third kappa shape index (κ3) is 4.55. The molecule has 216 valence electrons. The SMILES string of the molecule is CC1(C)c2cc(N(c3ccccc3)c3ccccc3)ccc2-c2c1cc(C(c1ccccc1)c1ccccc1)c1ccccc21. The molecular weight excluding hydrogens is 542 g/mol. The Labute approximate surface area is 266 Å². The minimum absolute atomic E-state index is 0.129. The van der Waals surface area contributed by atoms with E-state index in [1.54, 1.807) is 0 Å². The second-order valence-corrected chi connectivity index (χ2v) is 12.5. The Bertz CT molecular complexity index is 2030. The van der Waals surface area contributed by atoms with Crippen LogP contribution < -0.4 is 4.90 Å². The number of anilines is 3. The van der Waals surface area contributed by atoms with Crippen molar-refractivity contribution in [3.05, 3.63) is 198 Å². The van der Waals surface area contributed by atoms with E-state index in [1.807, 2.05) is 0 Å². The van der Waals surface area contributed by atoms with Crippen LogP contribution in [0.15, 0.2) is 170 Å². The number of hydrogen-bond acceptors (Lipinski definition) is 1. The Morgan fingerprint density at radius 1 is 0.444 bits per heavy atom. The number of fused-ring (bicyclic) bond motifs is 5. The van der Waals surface area contributed by atoms with Gasteiger partial charge in [-0.2, -0.15) is 0 Å². The van der Waals surface area contributed by atoms with Gasteiger partial charge in [-0.1, -0.05) is 147 Å². The fourth-order valence-corrected chi connectivity index (χ4v) is 7.42. The van der Waals surface area contributed by atoms with Gasteiger partial charge in [-0.15, -0.1) is 0 Å². The molecule has 0 atom stereocenters. The van der Waals surface area contributed by atoms with Gasteiger partial charge in [0.15, 0.2) is 0 Å². The predicted molar refractivity (Wildman–Crippen MR) is 190 cm³/mol. The molecule has 8 rings (SSSR count). The summed E-state index contributed by atoms with van der Waals surface area (Å²) in [6, 6.07) is 61.9. The second kappa shape index (κ2) is 10.9. The van der Waals surface area contributed by atoms with E-state index in [9.17, 15) is 0 Å². The number of nitrogens with zero attached hydrogens (tertiary/aromatic N) is 1. The van der Waals surface area contributed by atoms with Crippen LogP contribution in [-0.2, 0) is 5.41 Å². The number of rotatable bonds is 6. The summed E-state index contributed by atoms with van der Waals surface area (Å²) in [6.07, 6.45) is 0. The summed E-state index contributed by atoms with van der Waals surface area (Å²) < 4.78 is 0. The lowest BCUT2D eigenvalue weighted by Gasteiger charge is -2.28. The van der Waals surface area contributed by atoms with Crippen molar-refractivity contribution < 1.29 is 0 Å². The maximum atomic E-state index is 2.52. The maximum absolute atomic E-state index is 2.52. The van der Waals surface area contributed by atoms with Crippen LogP contribution in [0, 0.1) is 0 Å². The van der Waals surface area contributed by atoms with Gasteiger partial charge in [0.25, 0.3) is 0 Å². The lowest BCUT2D eigenvalue weighted by molar-refractivity contribution is 0.659. The average molecular weight is 578 g/mol. The van der Waals surface area contributed by atoms with Crippen LogP contribution in [0.1, 0.15) is 47.6 Å². The van der Waals surface area contributed by atoms with Gasteiger partial charge in [0.1, 0.15) is 0 Å². The lowest BCUT2D eigenvalue weighted by Crippen LogP contribution is -2.17. The van der Waals surface area contributed by atoms with Crippen LogP contribution in [0.3, 0.4) is 0 Å².